The first-order chi connectivity index (χ1) is 11.2. The van der Waals surface area contributed by atoms with E-state index in [0.717, 1.165) is 39.3 Å². The van der Waals surface area contributed by atoms with Crippen molar-refractivity contribution in [3.05, 3.63) is 0 Å². The van der Waals surface area contributed by atoms with E-state index in [1.165, 1.54) is 0 Å². The van der Waals surface area contributed by atoms with Gasteiger partial charge in [-0.3, -0.25) is 0 Å². The van der Waals surface area contributed by atoms with Gasteiger partial charge in [0.25, 0.3) is 0 Å². The van der Waals surface area contributed by atoms with Gasteiger partial charge in [-0.05, 0) is 41.5 Å². The topological polar surface area (TPSA) is 9.72 Å². The van der Waals surface area contributed by atoms with Gasteiger partial charge in [0.1, 0.15) is 0 Å². The Balaban J connectivity index is -0.000000130. The van der Waals surface area contributed by atoms with Crippen LogP contribution in [0.4, 0.5) is 0 Å². The summed E-state index contributed by atoms with van der Waals surface area (Å²) in [7, 11) is 0. The van der Waals surface area contributed by atoms with Crippen molar-refractivity contribution in [1.82, 2.24) is 14.7 Å². The van der Waals surface area contributed by atoms with Gasteiger partial charge >= 0.3 is 35.6 Å². The molecule has 0 saturated carbocycles. The maximum Gasteiger partial charge on any atom is 3.00 e. The molecule has 0 unspecified atom stereocenters. The summed E-state index contributed by atoms with van der Waals surface area (Å²) in [6.07, 6.45) is 0. The Morgan fingerprint density at radius 3 is 0.640 bits per heavy atom. The number of thiocarbonyl (C=S) groups is 3. The third kappa shape index (κ3) is 21.7. The predicted octanol–water partition coefficient (Wildman–Crippen LogP) is 3.48. The molecule has 0 aromatic carbocycles. The first-order valence-corrected chi connectivity index (χ1v) is 10.5. The van der Waals surface area contributed by atoms with Gasteiger partial charge in [0.15, 0.2) is 0 Å². The van der Waals surface area contributed by atoms with Gasteiger partial charge in [-0.2, -0.15) is 0 Å². The molecule has 0 aliphatic carbocycles. The second-order valence-electron chi connectivity index (χ2n) is 4.31. The summed E-state index contributed by atoms with van der Waals surface area (Å²) < 4.78 is 1.74. The Kier molecular flexibility index (Phi) is 32.1. The van der Waals surface area contributed by atoms with Crippen LogP contribution < -0.4 is 0 Å². The van der Waals surface area contributed by atoms with E-state index in [-0.39, 0.29) is 35.6 Å². The molecule has 0 atom stereocenters. The number of hydrogen-bond acceptors (Lipinski definition) is 6. The summed E-state index contributed by atoms with van der Waals surface area (Å²) in [5, 5.41) is 0. The van der Waals surface area contributed by atoms with Crippen LogP contribution in [0.15, 0.2) is 0 Å². The van der Waals surface area contributed by atoms with Crippen LogP contribution in [0, 0.1) is 35.6 Å². The molecule has 0 rings (SSSR count). The van der Waals surface area contributed by atoms with Gasteiger partial charge in [0, 0.05) is 39.3 Å². The smallest absolute Gasteiger partial charge is 0.411 e. The largest absolute Gasteiger partial charge is 3.00 e. The van der Waals surface area contributed by atoms with Crippen molar-refractivity contribution in [2.24, 2.45) is 0 Å². The fourth-order valence-corrected chi connectivity index (χ4v) is 2.99. The van der Waals surface area contributed by atoms with Crippen LogP contribution in [0.25, 0.3) is 0 Å². The Labute approximate surface area is 216 Å². The van der Waals surface area contributed by atoms with E-state index in [1.54, 1.807) is 0 Å². The Morgan fingerprint density at radius 1 is 0.520 bits per heavy atom. The molecule has 0 N–H and O–H groups in total. The van der Waals surface area contributed by atoms with Crippen molar-refractivity contribution >= 4 is 87.5 Å². The van der Waals surface area contributed by atoms with Crippen molar-refractivity contribution in [3.63, 3.8) is 0 Å². The van der Waals surface area contributed by atoms with Gasteiger partial charge in [0.2, 0.25) is 0 Å². The first-order valence-electron chi connectivity index (χ1n) is 8.04. The monoisotopic (exact) mass is 583 g/mol. The number of rotatable bonds is 6. The molecule has 144 valence electrons. The summed E-state index contributed by atoms with van der Waals surface area (Å²) in [5.41, 5.74) is 0. The summed E-state index contributed by atoms with van der Waals surface area (Å²) in [4.78, 5) is 5.89. The fraction of sp³-hybridized carbons (Fsp3) is 0.800. The minimum atomic E-state index is 0. The molecule has 3 nitrogen and oxygen atoms in total. The van der Waals surface area contributed by atoms with Crippen molar-refractivity contribution in [2.45, 2.75) is 41.5 Å². The maximum atomic E-state index is 4.76. The first kappa shape index (κ1) is 34.1. The molecule has 25 heavy (non-hydrogen) atoms. The average molecular weight is 584 g/mol. The van der Waals surface area contributed by atoms with Crippen LogP contribution >= 0.6 is 36.7 Å². The molecule has 0 fully saturated rings. The number of nitrogens with zero attached hydrogens (tertiary/aromatic N) is 3. The minimum absolute atomic E-state index is 0. The Morgan fingerprint density at radius 2 is 0.640 bits per heavy atom. The van der Waals surface area contributed by atoms with E-state index < -0.39 is 0 Å². The fourth-order valence-electron chi connectivity index (χ4n) is 1.45. The van der Waals surface area contributed by atoms with Crippen molar-refractivity contribution in [2.75, 3.05) is 39.3 Å². The van der Waals surface area contributed by atoms with Gasteiger partial charge < -0.3 is 89.2 Å². The third-order valence-electron chi connectivity index (χ3n) is 3.06. The Hall–Kier alpha value is 1.52. The van der Waals surface area contributed by atoms with Crippen LogP contribution in [0.1, 0.15) is 41.5 Å². The van der Waals surface area contributed by atoms with Crippen molar-refractivity contribution in [3.8, 4) is 0 Å². The predicted molar refractivity (Wildman–Crippen MR) is 129 cm³/mol. The molecule has 0 aliphatic rings. The standard InChI is InChI=1S/3C5H11NS2.La/c3*1-3-6(4-2)5(7)8;/h3*3-4H2,1-2H3,(H,7,8);/q;;;+3/p-3. The quantitative estimate of drug-likeness (QED) is 0.341. The van der Waals surface area contributed by atoms with Gasteiger partial charge in [-0.15, -0.1) is 0 Å². The zero-order chi connectivity index (χ0) is 19.7. The van der Waals surface area contributed by atoms with Crippen molar-refractivity contribution < 1.29 is 35.6 Å². The summed E-state index contributed by atoms with van der Waals surface area (Å²) >= 11 is 28.5. The van der Waals surface area contributed by atoms with Gasteiger partial charge in [-0.1, -0.05) is 13.0 Å². The van der Waals surface area contributed by atoms with Crippen molar-refractivity contribution in [1.29, 1.82) is 0 Å². The molecular weight excluding hydrogens is 553 g/mol. The normalized spacial score (nSPS) is 8.40. The molecular formula is C15H30LaN3S6. The number of hydrogen-bond donors (Lipinski definition) is 0. The minimum Gasteiger partial charge on any atom is -0.411 e. The molecule has 0 saturated heterocycles. The molecule has 0 heterocycles. The van der Waals surface area contributed by atoms with E-state index in [2.05, 4.69) is 0 Å². The SMILES string of the molecule is CCN(CC)C(=S)[S-].CCN(CC)C(=S)[S-].CCN(CC)C(=S)[S-].[La+3]. The molecule has 0 aromatic rings. The average Bonchev–Trinajstić information content (AvgIpc) is 2.51. The van der Waals surface area contributed by atoms with Crippen LogP contribution in [0.2, 0.25) is 0 Å². The van der Waals surface area contributed by atoms with Gasteiger partial charge in [-0.25, -0.2) is 0 Å². The zero-order valence-electron chi connectivity index (χ0n) is 16.1. The molecule has 0 aliphatic heterocycles. The molecule has 0 aromatic heterocycles. The molecule has 0 bridgehead atoms. The molecule has 0 spiro atoms. The van der Waals surface area contributed by atoms with Crippen LogP contribution in [0.3, 0.4) is 0 Å². The van der Waals surface area contributed by atoms with Crippen LogP contribution in [-0.2, 0) is 37.9 Å². The second kappa shape index (κ2) is 23.6. The molecule has 10 heteroatoms. The zero-order valence-corrected chi connectivity index (χ0v) is 24.6. The van der Waals surface area contributed by atoms with E-state index >= 15 is 0 Å². The van der Waals surface area contributed by atoms with Gasteiger partial charge in [0.05, 0.1) is 0 Å². The van der Waals surface area contributed by atoms with E-state index in [9.17, 15) is 0 Å². The summed E-state index contributed by atoms with van der Waals surface area (Å²) in [5.74, 6) is 0. The third-order valence-corrected chi connectivity index (χ3v) is 4.61. The second-order valence-corrected chi connectivity index (χ2v) is 7.41. The molecule has 0 amide bonds. The molecule has 0 radical (unpaired) electrons. The summed E-state index contributed by atoms with van der Waals surface area (Å²) in [6, 6.07) is 0. The van der Waals surface area contributed by atoms with E-state index in [4.69, 9.17) is 74.5 Å². The van der Waals surface area contributed by atoms with Crippen LogP contribution in [0.5, 0.6) is 0 Å². The summed E-state index contributed by atoms with van der Waals surface area (Å²) in [6.45, 7) is 17.8. The maximum absolute atomic E-state index is 4.76. The van der Waals surface area contributed by atoms with E-state index in [1.807, 2.05) is 56.2 Å². The van der Waals surface area contributed by atoms with Crippen LogP contribution in [-0.4, -0.2) is 66.9 Å². The van der Waals surface area contributed by atoms with E-state index in [0.29, 0.717) is 13.0 Å². The Bertz CT molecular complexity index is 294.